The number of aliphatic hydroxyl groups excluding tert-OH is 1. The molecule has 2 N–H and O–H groups in total. The number of likely N-dealkylation sites (N-methyl/N-ethyl adjacent to an activating group) is 1. The lowest BCUT2D eigenvalue weighted by Gasteiger charge is -2.17. The molecule has 82 valence electrons. The van der Waals surface area contributed by atoms with Crippen LogP contribution in [0.25, 0.3) is 0 Å². The van der Waals surface area contributed by atoms with Crippen LogP contribution in [0.4, 0.5) is 0 Å². The number of likely N-dealkylation sites (tertiary alicyclic amines) is 1. The molecule has 4 nitrogen and oxygen atoms in total. The van der Waals surface area contributed by atoms with Crippen molar-refractivity contribution in [1.82, 2.24) is 10.2 Å². The van der Waals surface area contributed by atoms with Crippen molar-refractivity contribution in [3.8, 4) is 0 Å². The fourth-order valence-electron chi connectivity index (χ4n) is 1.74. The van der Waals surface area contributed by atoms with Gasteiger partial charge in [0.15, 0.2) is 0 Å². The zero-order chi connectivity index (χ0) is 10.6. The molecule has 1 fully saturated rings. The highest BCUT2D eigenvalue weighted by Gasteiger charge is 2.30. The van der Waals surface area contributed by atoms with E-state index >= 15 is 0 Å². The third kappa shape index (κ3) is 2.96. The molecule has 1 amide bonds. The first-order valence-corrected chi connectivity index (χ1v) is 5.35. The second kappa shape index (κ2) is 5.32. The Hall–Kier alpha value is -0.610. The first kappa shape index (κ1) is 11.5. The van der Waals surface area contributed by atoms with Crippen LogP contribution in [0.5, 0.6) is 0 Å². The van der Waals surface area contributed by atoms with Crippen LogP contribution in [0.2, 0.25) is 0 Å². The molecule has 1 rings (SSSR count). The van der Waals surface area contributed by atoms with E-state index in [1.165, 1.54) is 0 Å². The number of nitrogens with one attached hydrogen (secondary N) is 1. The van der Waals surface area contributed by atoms with Crippen LogP contribution >= 0.6 is 0 Å². The van der Waals surface area contributed by atoms with Crippen molar-refractivity contribution in [2.75, 3.05) is 19.6 Å². The Bertz CT molecular complexity index is 195. The van der Waals surface area contributed by atoms with Crippen molar-refractivity contribution < 1.29 is 9.90 Å². The molecule has 2 atom stereocenters. The van der Waals surface area contributed by atoms with Gasteiger partial charge in [-0.25, -0.2) is 0 Å². The first-order valence-electron chi connectivity index (χ1n) is 5.35. The van der Waals surface area contributed by atoms with E-state index in [-0.39, 0.29) is 18.1 Å². The standard InChI is InChI=1S/C10H20N2O2/c1-3-11-9-5-7-12(10(9)14)6-4-8(2)13/h8-9,11,13H,3-7H2,1-2H3. The van der Waals surface area contributed by atoms with Crippen molar-refractivity contribution in [2.45, 2.75) is 38.8 Å². The van der Waals surface area contributed by atoms with Gasteiger partial charge in [0.2, 0.25) is 5.91 Å². The molecule has 0 bridgehead atoms. The first-order chi connectivity index (χ1) is 6.65. The van der Waals surface area contributed by atoms with Gasteiger partial charge in [-0.05, 0) is 26.3 Å². The molecule has 0 aromatic heterocycles. The molecule has 0 spiro atoms. The number of carbonyl (C=O) groups is 1. The van der Waals surface area contributed by atoms with Crippen LogP contribution in [0, 0.1) is 0 Å². The molecule has 0 radical (unpaired) electrons. The van der Waals surface area contributed by atoms with Gasteiger partial charge in [0, 0.05) is 13.1 Å². The smallest absolute Gasteiger partial charge is 0.239 e. The average molecular weight is 200 g/mol. The van der Waals surface area contributed by atoms with Crippen molar-refractivity contribution in [3.05, 3.63) is 0 Å². The maximum atomic E-state index is 11.7. The SMILES string of the molecule is CCNC1CCN(CCC(C)O)C1=O. The minimum absolute atomic E-state index is 0.00833. The molecule has 0 aromatic carbocycles. The van der Waals surface area contributed by atoms with E-state index in [1.807, 2.05) is 11.8 Å². The minimum Gasteiger partial charge on any atom is -0.393 e. The highest BCUT2D eigenvalue weighted by Crippen LogP contribution is 2.11. The molecular formula is C10H20N2O2. The summed E-state index contributed by atoms with van der Waals surface area (Å²) in [5, 5.41) is 12.3. The van der Waals surface area contributed by atoms with Crippen molar-refractivity contribution in [1.29, 1.82) is 0 Å². The van der Waals surface area contributed by atoms with Crippen molar-refractivity contribution in [3.63, 3.8) is 0 Å². The molecule has 14 heavy (non-hydrogen) atoms. The van der Waals surface area contributed by atoms with Crippen LogP contribution in [0.1, 0.15) is 26.7 Å². The van der Waals surface area contributed by atoms with E-state index in [9.17, 15) is 4.79 Å². The summed E-state index contributed by atoms with van der Waals surface area (Å²) in [4.78, 5) is 13.5. The normalized spacial score (nSPS) is 24.4. The Labute approximate surface area is 85.3 Å². The van der Waals surface area contributed by atoms with E-state index in [1.54, 1.807) is 6.92 Å². The Morgan fingerprint density at radius 3 is 3.00 bits per heavy atom. The van der Waals surface area contributed by atoms with Gasteiger partial charge in [-0.1, -0.05) is 6.92 Å². The molecule has 2 unspecified atom stereocenters. The second-order valence-electron chi connectivity index (χ2n) is 3.86. The summed E-state index contributed by atoms with van der Waals surface area (Å²) in [5.74, 6) is 0.188. The zero-order valence-corrected chi connectivity index (χ0v) is 8.99. The minimum atomic E-state index is -0.319. The Morgan fingerprint density at radius 1 is 1.71 bits per heavy atom. The molecule has 0 saturated carbocycles. The van der Waals surface area contributed by atoms with Crippen molar-refractivity contribution >= 4 is 5.91 Å². The summed E-state index contributed by atoms with van der Waals surface area (Å²) >= 11 is 0. The van der Waals surface area contributed by atoms with Crippen LogP contribution in [0.3, 0.4) is 0 Å². The fraction of sp³-hybridized carbons (Fsp3) is 0.900. The quantitative estimate of drug-likeness (QED) is 0.655. The average Bonchev–Trinajstić information content (AvgIpc) is 2.46. The zero-order valence-electron chi connectivity index (χ0n) is 8.99. The monoisotopic (exact) mass is 200 g/mol. The topological polar surface area (TPSA) is 52.6 Å². The lowest BCUT2D eigenvalue weighted by Crippen LogP contribution is -2.38. The van der Waals surface area contributed by atoms with E-state index < -0.39 is 0 Å². The summed E-state index contributed by atoms with van der Waals surface area (Å²) in [6, 6.07) is 0.00833. The number of hydrogen-bond donors (Lipinski definition) is 2. The summed E-state index contributed by atoms with van der Waals surface area (Å²) in [7, 11) is 0. The predicted molar refractivity (Wildman–Crippen MR) is 55.0 cm³/mol. The van der Waals surface area contributed by atoms with Gasteiger partial charge >= 0.3 is 0 Å². The molecule has 0 aromatic rings. The number of amides is 1. The van der Waals surface area contributed by atoms with Gasteiger partial charge < -0.3 is 15.3 Å². The molecule has 1 saturated heterocycles. The van der Waals surface area contributed by atoms with E-state index in [4.69, 9.17) is 5.11 Å². The number of carbonyl (C=O) groups excluding carboxylic acids is 1. The number of aliphatic hydroxyl groups is 1. The summed E-state index contributed by atoms with van der Waals surface area (Å²) < 4.78 is 0. The Morgan fingerprint density at radius 2 is 2.43 bits per heavy atom. The number of nitrogens with zero attached hydrogens (tertiary/aromatic N) is 1. The second-order valence-corrected chi connectivity index (χ2v) is 3.86. The fourth-order valence-corrected chi connectivity index (χ4v) is 1.74. The van der Waals surface area contributed by atoms with Gasteiger partial charge in [0.1, 0.15) is 0 Å². The summed E-state index contributed by atoms with van der Waals surface area (Å²) in [6.07, 6.45) is 1.25. The molecule has 0 aliphatic carbocycles. The van der Waals surface area contributed by atoms with Crippen molar-refractivity contribution in [2.24, 2.45) is 0 Å². The van der Waals surface area contributed by atoms with Gasteiger partial charge in [0.25, 0.3) is 0 Å². The van der Waals surface area contributed by atoms with Crippen LogP contribution in [-0.2, 0) is 4.79 Å². The van der Waals surface area contributed by atoms with Gasteiger partial charge in [-0.2, -0.15) is 0 Å². The maximum Gasteiger partial charge on any atom is 0.239 e. The predicted octanol–water partition coefficient (Wildman–Crippen LogP) is -0.0323. The van der Waals surface area contributed by atoms with Gasteiger partial charge in [-0.15, -0.1) is 0 Å². The van der Waals surface area contributed by atoms with Crippen LogP contribution in [-0.4, -0.2) is 47.7 Å². The summed E-state index contributed by atoms with van der Waals surface area (Å²) in [6.45, 7) is 6.09. The Balaban J connectivity index is 2.32. The highest BCUT2D eigenvalue weighted by molar-refractivity contribution is 5.83. The third-order valence-electron chi connectivity index (χ3n) is 2.56. The lowest BCUT2D eigenvalue weighted by molar-refractivity contribution is -0.129. The molecule has 4 heteroatoms. The highest BCUT2D eigenvalue weighted by atomic mass is 16.3. The van der Waals surface area contributed by atoms with Crippen LogP contribution in [0.15, 0.2) is 0 Å². The van der Waals surface area contributed by atoms with Crippen LogP contribution < -0.4 is 5.32 Å². The molecule has 1 aliphatic rings. The van der Waals surface area contributed by atoms with Gasteiger partial charge in [-0.3, -0.25) is 4.79 Å². The van der Waals surface area contributed by atoms with E-state index in [2.05, 4.69) is 5.32 Å². The van der Waals surface area contributed by atoms with E-state index in [0.29, 0.717) is 13.0 Å². The Kier molecular flexibility index (Phi) is 4.35. The lowest BCUT2D eigenvalue weighted by atomic mass is 10.2. The summed E-state index contributed by atoms with van der Waals surface area (Å²) in [5.41, 5.74) is 0. The van der Waals surface area contributed by atoms with Gasteiger partial charge in [0.05, 0.1) is 12.1 Å². The molecule has 1 aliphatic heterocycles. The number of rotatable bonds is 5. The van der Waals surface area contributed by atoms with E-state index in [0.717, 1.165) is 19.5 Å². The third-order valence-corrected chi connectivity index (χ3v) is 2.56. The maximum absolute atomic E-state index is 11.7. The molecular weight excluding hydrogens is 180 g/mol. The molecule has 1 heterocycles. The largest absolute Gasteiger partial charge is 0.393 e. The number of hydrogen-bond acceptors (Lipinski definition) is 3.